The molecule has 2 atom stereocenters. The Morgan fingerprint density at radius 2 is 0.773 bits per heavy atom. The maximum atomic E-state index is 12.5. The molecule has 0 aromatic carbocycles. The summed E-state index contributed by atoms with van der Waals surface area (Å²) in [4.78, 5) is 24.5. The molecule has 0 aromatic heterocycles. The second-order valence-electron chi connectivity index (χ2n) is 20.0. The van der Waals surface area contributed by atoms with Crippen molar-refractivity contribution >= 4 is 11.9 Å². The number of unbranched alkanes of at least 4 members (excludes halogenated alkanes) is 39. The highest BCUT2D eigenvalue weighted by Crippen LogP contribution is 2.17. The van der Waals surface area contributed by atoms with Crippen molar-refractivity contribution in [3.8, 4) is 0 Å². The molecule has 0 saturated heterocycles. The van der Waals surface area contributed by atoms with Gasteiger partial charge in [0.15, 0.2) is 0 Å². The van der Waals surface area contributed by atoms with Crippen LogP contribution in [0.25, 0.3) is 0 Å². The number of rotatable bonds is 54. The van der Waals surface area contributed by atoms with Crippen LogP contribution in [0, 0.1) is 0 Å². The van der Waals surface area contributed by atoms with Gasteiger partial charge >= 0.3 is 5.97 Å². The van der Waals surface area contributed by atoms with Crippen LogP contribution in [0.1, 0.15) is 309 Å². The van der Waals surface area contributed by atoms with E-state index in [0.29, 0.717) is 19.4 Å². The predicted octanol–water partition coefficient (Wildman–Crippen LogP) is 18.0. The van der Waals surface area contributed by atoms with Gasteiger partial charge in [0.25, 0.3) is 0 Å². The third-order valence-corrected chi connectivity index (χ3v) is 13.4. The van der Waals surface area contributed by atoms with Crippen LogP contribution in [0.3, 0.4) is 0 Å². The van der Waals surface area contributed by atoms with Crippen molar-refractivity contribution in [3.63, 3.8) is 0 Å². The van der Waals surface area contributed by atoms with Gasteiger partial charge in [-0.25, -0.2) is 0 Å². The number of hydrogen-bond donors (Lipinski definition) is 3. The van der Waals surface area contributed by atoms with Crippen molar-refractivity contribution in [2.45, 2.75) is 321 Å². The van der Waals surface area contributed by atoms with Crippen molar-refractivity contribution < 1.29 is 24.5 Å². The molecule has 0 bridgehead atoms. The molecular weight excluding hydrogens is 815 g/mol. The first-order chi connectivity index (χ1) is 32.5. The predicted molar refractivity (Wildman–Crippen MR) is 287 cm³/mol. The molecule has 0 aliphatic heterocycles. The molecule has 0 aliphatic rings. The topological polar surface area (TPSA) is 95.9 Å². The second kappa shape index (κ2) is 55.7. The van der Waals surface area contributed by atoms with E-state index in [2.05, 4.69) is 43.5 Å². The number of hydrogen-bond acceptors (Lipinski definition) is 5. The Labute approximate surface area is 411 Å². The van der Waals surface area contributed by atoms with Crippen LogP contribution < -0.4 is 5.32 Å². The average molecular weight is 929 g/mol. The van der Waals surface area contributed by atoms with Gasteiger partial charge in [-0.15, -0.1) is 0 Å². The number of allylic oxidation sites excluding steroid dienone is 5. The van der Waals surface area contributed by atoms with Gasteiger partial charge in [-0.05, 0) is 57.8 Å². The molecule has 0 saturated carbocycles. The van der Waals surface area contributed by atoms with Crippen LogP contribution >= 0.6 is 0 Å². The highest BCUT2D eigenvalue weighted by Gasteiger charge is 2.18. The van der Waals surface area contributed by atoms with Gasteiger partial charge in [0.05, 0.1) is 25.4 Å². The monoisotopic (exact) mass is 928 g/mol. The van der Waals surface area contributed by atoms with E-state index < -0.39 is 12.1 Å². The summed E-state index contributed by atoms with van der Waals surface area (Å²) in [6.45, 7) is 4.84. The van der Waals surface area contributed by atoms with E-state index in [4.69, 9.17) is 4.74 Å². The lowest BCUT2D eigenvalue weighted by atomic mass is 10.0. The summed E-state index contributed by atoms with van der Waals surface area (Å²) < 4.78 is 5.46. The summed E-state index contributed by atoms with van der Waals surface area (Å²) >= 11 is 0. The van der Waals surface area contributed by atoms with Crippen LogP contribution in [0.15, 0.2) is 36.5 Å². The molecule has 388 valence electrons. The SMILES string of the molecule is CCCC/C=C\C/C=C\CCCCCCCC(=O)OCCCCCCCCCCCCCCC(=O)NC(CO)C(O)/C=C/CCCCCCCCCCCCCCCCCCCCCCC. The number of ether oxygens (including phenoxy) is 1. The molecule has 1 amide bonds. The number of aliphatic hydroxyl groups is 2. The standard InChI is InChI=1S/C60H113NO5/c1-3-5-7-9-11-13-15-17-19-20-21-22-23-24-25-26-27-28-32-36-40-44-48-52-58(63)57(56-62)61-59(64)53-49-45-41-37-33-30-31-35-39-43-47-51-55-66-60(65)54-50-46-42-38-34-29-18-16-14-12-10-8-6-4-2/h10,12,16,18,48,52,57-58,62-63H,3-9,11,13-15,17,19-47,49-51,53-56H2,1-2H3,(H,61,64)/b12-10-,18-16-,52-48+. The van der Waals surface area contributed by atoms with Crippen LogP contribution in [-0.2, 0) is 14.3 Å². The minimum absolute atomic E-state index is 0.0251. The maximum Gasteiger partial charge on any atom is 0.305 e. The first-order valence-electron chi connectivity index (χ1n) is 29.3. The largest absolute Gasteiger partial charge is 0.466 e. The van der Waals surface area contributed by atoms with Gasteiger partial charge in [-0.3, -0.25) is 9.59 Å². The normalized spacial score (nSPS) is 12.8. The Bertz CT molecular complexity index is 1070. The van der Waals surface area contributed by atoms with Crippen molar-refractivity contribution in [3.05, 3.63) is 36.5 Å². The zero-order chi connectivity index (χ0) is 47.9. The zero-order valence-electron chi connectivity index (χ0n) is 44.2. The van der Waals surface area contributed by atoms with Gasteiger partial charge in [0.2, 0.25) is 5.91 Å². The molecule has 0 radical (unpaired) electrons. The molecule has 2 unspecified atom stereocenters. The van der Waals surface area contributed by atoms with Gasteiger partial charge in [-0.1, -0.05) is 275 Å². The summed E-state index contributed by atoms with van der Waals surface area (Å²) in [5.41, 5.74) is 0. The lowest BCUT2D eigenvalue weighted by Crippen LogP contribution is -2.45. The highest BCUT2D eigenvalue weighted by atomic mass is 16.5. The summed E-state index contributed by atoms with van der Waals surface area (Å²) in [5, 5.41) is 23.2. The first kappa shape index (κ1) is 64.1. The van der Waals surface area contributed by atoms with Crippen LogP contribution in [-0.4, -0.2) is 47.4 Å². The third-order valence-electron chi connectivity index (χ3n) is 13.4. The second-order valence-corrected chi connectivity index (χ2v) is 20.0. The summed E-state index contributed by atoms with van der Waals surface area (Å²) in [7, 11) is 0. The lowest BCUT2D eigenvalue weighted by molar-refractivity contribution is -0.143. The molecule has 0 aliphatic carbocycles. The smallest absolute Gasteiger partial charge is 0.305 e. The molecule has 0 heterocycles. The molecule has 66 heavy (non-hydrogen) atoms. The number of esters is 1. The Morgan fingerprint density at radius 3 is 1.20 bits per heavy atom. The fourth-order valence-electron chi connectivity index (χ4n) is 8.89. The Balaban J connectivity index is 3.50. The van der Waals surface area contributed by atoms with Crippen molar-refractivity contribution in [2.75, 3.05) is 13.2 Å². The highest BCUT2D eigenvalue weighted by molar-refractivity contribution is 5.76. The number of aliphatic hydroxyl groups excluding tert-OH is 2. The van der Waals surface area contributed by atoms with Crippen LogP contribution in [0.5, 0.6) is 0 Å². The molecular formula is C60H113NO5. The fraction of sp³-hybridized carbons (Fsp3) is 0.867. The number of carbonyl (C=O) groups is 2. The van der Waals surface area contributed by atoms with E-state index in [-0.39, 0.29) is 18.5 Å². The molecule has 0 aromatic rings. The van der Waals surface area contributed by atoms with Gasteiger partial charge < -0.3 is 20.3 Å². The molecule has 0 spiro atoms. The Morgan fingerprint density at radius 1 is 0.424 bits per heavy atom. The van der Waals surface area contributed by atoms with E-state index in [9.17, 15) is 19.8 Å². The zero-order valence-corrected chi connectivity index (χ0v) is 44.2. The van der Waals surface area contributed by atoms with E-state index in [1.54, 1.807) is 6.08 Å². The van der Waals surface area contributed by atoms with E-state index in [1.165, 1.54) is 212 Å². The van der Waals surface area contributed by atoms with E-state index in [1.807, 2.05) is 6.08 Å². The molecule has 0 fully saturated rings. The molecule has 3 N–H and O–H groups in total. The molecule has 6 heteroatoms. The van der Waals surface area contributed by atoms with Gasteiger partial charge in [0.1, 0.15) is 0 Å². The summed E-state index contributed by atoms with van der Waals surface area (Å²) in [6.07, 6.45) is 68.8. The van der Waals surface area contributed by atoms with E-state index >= 15 is 0 Å². The summed E-state index contributed by atoms with van der Waals surface area (Å²) in [6, 6.07) is -0.642. The van der Waals surface area contributed by atoms with Crippen LogP contribution in [0.2, 0.25) is 0 Å². The Hall–Kier alpha value is -1.92. The Kier molecular flexibility index (Phi) is 54.1. The third kappa shape index (κ3) is 51.5. The minimum atomic E-state index is -0.857. The van der Waals surface area contributed by atoms with Crippen molar-refractivity contribution in [1.29, 1.82) is 0 Å². The number of carbonyl (C=O) groups excluding carboxylic acids is 2. The van der Waals surface area contributed by atoms with Crippen LogP contribution in [0.4, 0.5) is 0 Å². The van der Waals surface area contributed by atoms with Gasteiger partial charge in [-0.2, -0.15) is 0 Å². The summed E-state index contributed by atoms with van der Waals surface area (Å²) in [5.74, 6) is -0.107. The quantitative estimate of drug-likeness (QED) is 0.0321. The lowest BCUT2D eigenvalue weighted by Gasteiger charge is -2.20. The number of nitrogens with one attached hydrogen (secondary N) is 1. The minimum Gasteiger partial charge on any atom is -0.466 e. The van der Waals surface area contributed by atoms with Crippen molar-refractivity contribution in [1.82, 2.24) is 5.32 Å². The molecule has 6 nitrogen and oxygen atoms in total. The first-order valence-corrected chi connectivity index (χ1v) is 29.3. The average Bonchev–Trinajstić information content (AvgIpc) is 3.32. The van der Waals surface area contributed by atoms with Gasteiger partial charge in [0, 0.05) is 12.8 Å². The fourth-order valence-corrected chi connectivity index (χ4v) is 8.89. The maximum absolute atomic E-state index is 12.5. The number of amides is 1. The van der Waals surface area contributed by atoms with E-state index in [0.717, 1.165) is 70.6 Å². The molecule has 0 rings (SSSR count). The van der Waals surface area contributed by atoms with Crippen molar-refractivity contribution in [2.24, 2.45) is 0 Å².